The Labute approximate surface area is 161 Å². The standard InChI is InChI=1S/C19H22FN3O3S/c1-13(2)18-21-22-19(23(18)10-17-4-3-9-25-17)27-12-15(24)11-26-16-7-5-14(20)6-8-16/h3-9,13,15,24H,10-12H2,1-2H3. The van der Waals surface area contributed by atoms with Crippen molar-refractivity contribution in [2.24, 2.45) is 0 Å². The zero-order valence-corrected chi connectivity index (χ0v) is 16.0. The highest BCUT2D eigenvalue weighted by molar-refractivity contribution is 7.99. The number of furan rings is 1. The maximum Gasteiger partial charge on any atom is 0.191 e. The highest BCUT2D eigenvalue weighted by atomic mass is 32.2. The van der Waals surface area contributed by atoms with E-state index in [9.17, 15) is 9.50 Å². The molecule has 0 amide bonds. The van der Waals surface area contributed by atoms with Gasteiger partial charge in [0.15, 0.2) is 5.16 Å². The minimum absolute atomic E-state index is 0.113. The lowest BCUT2D eigenvalue weighted by Crippen LogP contribution is -2.20. The number of aliphatic hydroxyl groups excluding tert-OH is 1. The molecule has 0 bridgehead atoms. The molecule has 8 heteroatoms. The molecule has 1 N–H and O–H groups in total. The van der Waals surface area contributed by atoms with E-state index >= 15 is 0 Å². The van der Waals surface area contributed by atoms with E-state index in [2.05, 4.69) is 24.0 Å². The number of nitrogens with zero attached hydrogens (tertiary/aromatic N) is 3. The van der Waals surface area contributed by atoms with Crippen LogP contribution in [0.2, 0.25) is 0 Å². The number of rotatable bonds is 9. The van der Waals surface area contributed by atoms with Gasteiger partial charge in [0, 0.05) is 11.7 Å². The summed E-state index contributed by atoms with van der Waals surface area (Å²) in [7, 11) is 0. The summed E-state index contributed by atoms with van der Waals surface area (Å²) in [5.74, 6) is 2.49. The zero-order chi connectivity index (χ0) is 19.2. The van der Waals surface area contributed by atoms with Crippen LogP contribution in [0.25, 0.3) is 0 Å². The number of thioether (sulfide) groups is 1. The molecule has 0 spiro atoms. The first-order chi connectivity index (χ1) is 13.0. The lowest BCUT2D eigenvalue weighted by atomic mass is 10.2. The molecule has 0 aliphatic heterocycles. The molecule has 0 aliphatic rings. The highest BCUT2D eigenvalue weighted by Gasteiger charge is 2.18. The van der Waals surface area contributed by atoms with Gasteiger partial charge in [0.05, 0.1) is 18.9 Å². The van der Waals surface area contributed by atoms with Crippen molar-refractivity contribution in [1.82, 2.24) is 14.8 Å². The first-order valence-corrected chi connectivity index (χ1v) is 9.66. The SMILES string of the molecule is CC(C)c1nnc(SCC(O)COc2ccc(F)cc2)n1Cc1ccco1. The Morgan fingerprint density at radius 1 is 1.22 bits per heavy atom. The molecule has 1 atom stereocenters. The van der Waals surface area contributed by atoms with Gasteiger partial charge in [0.2, 0.25) is 0 Å². The predicted molar refractivity (Wildman–Crippen MR) is 101 cm³/mol. The number of aliphatic hydroxyl groups is 1. The fourth-order valence-corrected chi connectivity index (χ4v) is 3.33. The smallest absolute Gasteiger partial charge is 0.191 e. The molecule has 1 unspecified atom stereocenters. The van der Waals surface area contributed by atoms with Gasteiger partial charge in [-0.05, 0) is 36.4 Å². The molecule has 0 aliphatic carbocycles. The molecule has 3 aromatic rings. The first kappa shape index (κ1) is 19.4. The number of hydrogen-bond acceptors (Lipinski definition) is 6. The molecule has 0 saturated heterocycles. The summed E-state index contributed by atoms with van der Waals surface area (Å²) in [6.45, 7) is 4.77. The Morgan fingerprint density at radius 2 is 2.00 bits per heavy atom. The van der Waals surface area contributed by atoms with Crippen LogP contribution in [-0.4, -0.2) is 38.3 Å². The fraction of sp³-hybridized carbons (Fsp3) is 0.368. The second-order valence-electron chi connectivity index (χ2n) is 6.39. The molecular weight excluding hydrogens is 369 g/mol. The lowest BCUT2D eigenvalue weighted by Gasteiger charge is -2.13. The second-order valence-corrected chi connectivity index (χ2v) is 7.38. The highest BCUT2D eigenvalue weighted by Crippen LogP contribution is 2.23. The van der Waals surface area contributed by atoms with Crippen LogP contribution >= 0.6 is 11.8 Å². The third-order valence-corrected chi connectivity index (χ3v) is 4.93. The molecule has 0 saturated carbocycles. The third-order valence-electron chi connectivity index (χ3n) is 3.82. The lowest BCUT2D eigenvalue weighted by molar-refractivity contribution is 0.126. The van der Waals surface area contributed by atoms with E-state index in [1.807, 2.05) is 16.7 Å². The zero-order valence-electron chi connectivity index (χ0n) is 15.2. The maximum atomic E-state index is 12.9. The quantitative estimate of drug-likeness (QED) is 0.561. The predicted octanol–water partition coefficient (Wildman–Crippen LogP) is 3.71. The summed E-state index contributed by atoms with van der Waals surface area (Å²) in [6.07, 6.45) is 0.939. The summed E-state index contributed by atoms with van der Waals surface area (Å²) in [5.41, 5.74) is 0. The fourth-order valence-electron chi connectivity index (χ4n) is 2.48. The first-order valence-electron chi connectivity index (χ1n) is 8.67. The molecule has 27 heavy (non-hydrogen) atoms. The van der Waals surface area contributed by atoms with Crippen LogP contribution in [-0.2, 0) is 6.54 Å². The van der Waals surface area contributed by atoms with Crippen molar-refractivity contribution in [3.8, 4) is 5.75 Å². The van der Waals surface area contributed by atoms with Crippen LogP contribution in [0.1, 0.15) is 31.4 Å². The monoisotopic (exact) mass is 391 g/mol. The van der Waals surface area contributed by atoms with E-state index in [1.54, 1.807) is 6.26 Å². The molecule has 3 rings (SSSR count). The molecule has 2 heterocycles. The van der Waals surface area contributed by atoms with Crippen LogP contribution in [0.5, 0.6) is 5.75 Å². The van der Waals surface area contributed by atoms with Crippen molar-refractivity contribution < 1.29 is 18.7 Å². The van der Waals surface area contributed by atoms with Gasteiger partial charge >= 0.3 is 0 Å². The van der Waals surface area contributed by atoms with E-state index in [-0.39, 0.29) is 18.3 Å². The van der Waals surface area contributed by atoms with E-state index in [1.165, 1.54) is 36.0 Å². The van der Waals surface area contributed by atoms with Crippen LogP contribution in [0.3, 0.4) is 0 Å². The van der Waals surface area contributed by atoms with E-state index in [0.29, 0.717) is 18.0 Å². The van der Waals surface area contributed by atoms with Gasteiger partial charge < -0.3 is 14.3 Å². The van der Waals surface area contributed by atoms with E-state index in [4.69, 9.17) is 9.15 Å². The summed E-state index contributed by atoms with van der Waals surface area (Å²) < 4.78 is 25.8. The largest absolute Gasteiger partial charge is 0.491 e. The second kappa shape index (κ2) is 9.05. The van der Waals surface area contributed by atoms with E-state index < -0.39 is 6.10 Å². The minimum Gasteiger partial charge on any atom is -0.491 e. The topological polar surface area (TPSA) is 73.3 Å². The summed E-state index contributed by atoms with van der Waals surface area (Å²) >= 11 is 1.41. The van der Waals surface area contributed by atoms with Crippen molar-refractivity contribution in [3.63, 3.8) is 0 Å². The number of ether oxygens (including phenoxy) is 1. The van der Waals surface area contributed by atoms with Gasteiger partial charge in [-0.15, -0.1) is 10.2 Å². The summed E-state index contributed by atoms with van der Waals surface area (Å²) in [4.78, 5) is 0. The van der Waals surface area contributed by atoms with Gasteiger partial charge in [0.25, 0.3) is 0 Å². The molecule has 2 aromatic heterocycles. The van der Waals surface area contributed by atoms with Crippen LogP contribution in [0.4, 0.5) is 4.39 Å². The number of aromatic nitrogens is 3. The van der Waals surface area contributed by atoms with Gasteiger partial charge in [-0.1, -0.05) is 25.6 Å². The van der Waals surface area contributed by atoms with Crippen LogP contribution in [0.15, 0.2) is 52.2 Å². The molecular formula is C19H22FN3O3S. The average molecular weight is 391 g/mol. The van der Waals surface area contributed by atoms with Crippen LogP contribution < -0.4 is 4.74 Å². The number of benzene rings is 1. The van der Waals surface area contributed by atoms with Crippen molar-refractivity contribution in [3.05, 3.63) is 60.1 Å². The van der Waals surface area contributed by atoms with Crippen molar-refractivity contribution in [2.75, 3.05) is 12.4 Å². The number of hydrogen-bond donors (Lipinski definition) is 1. The van der Waals surface area contributed by atoms with Gasteiger partial charge in [0.1, 0.15) is 29.8 Å². The molecule has 144 valence electrons. The van der Waals surface area contributed by atoms with Crippen molar-refractivity contribution in [1.29, 1.82) is 0 Å². The Bertz CT molecular complexity index is 835. The summed E-state index contributed by atoms with van der Waals surface area (Å²) in [5, 5.41) is 19.4. The normalized spacial score (nSPS) is 12.5. The Kier molecular flexibility index (Phi) is 6.52. The molecule has 0 radical (unpaired) electrons. The molecule has 1 aromatic carbocycles. The van der Waals surface area contributed by atoms with Gasteiger partial charge in [-0.25, -0.2) is 4.39 Å². The van der Waals surface area contributed by atoms with Gasteiger partial charge in [-0.3, -0.25) is 4.57 Å². The minimum atomic E-state index is -0.698. The Balaban J connectivity index is 1.58. The molecule has 0 fully saturated rings. The maximum absolute atomic E-state index is 12.9. The van der Waals surface area contributed by atoms with Crippen LogP contribution in [0, 0.1) is 5.82 Å². The van der Waals surface area contributed by atoms with Crippen molar-refractivity contribution in [2.45, 2.75) is 37.6 Å². The van der Waals surface area contributed by atoms with E-state index in [0.717, 1.165) is 16.7 Å². The summed E-state index contributed by atoms with van der Waals surface area (Å²) in [6, 6.07) is 9.46. The number of halogens is 1. The Morgan fingerprint density at radius 3 is 2.67 bits per heavy atom. The average Bonchev–Trinajstić information content (AvgIpc) is 3.30. The van der Waals surface area contributed by atoms with Crippen molar-refractivity contribution >= 4 is 11.8 Å². The third kappa shape index (κ3) is 5.33. The van der Waals surface area contributed by atoms with Gasteiger partial charge in [-0.2, -0.15) is 0 Å². The Hall–Kier alpha value is -2.32. The molecule has 6 nitrogen and oxygen atoms in total.